The Hall–Kier alpha value is -4.18. The van der Waals surface area contributed by atoms with Gasteiger partial charge in [-0.1, -0.05) is 6.07 Å². The Balaban J connectivity index is 1.96. The van der Waals surface area contributed by atoms with Crippen LogP contribution in [0.15, 0.2) is 48.5 Å². The van der Waals surface area contributed by atoms with Gasteiger partial charge >= 0.3 is 7.82 Å². The lowest BCUT2D eigenvalue weighted by Gasteiger charge is -2.19. The molecule has 3 aromatic carbocycles. The molecule has 0 aliphatic rings. The van der Waals surface area contributed by atoms with Gasteiger partial charge in [0.1, 0.15) is 5.75 Å². The van der Waals surface area contributed by atoms with Gasteiger partial charge in [0.2, 0.25) is 5.75 Å². The first-order chi connectivity index (χ1) is 20.3. The average molecular weight is 600 g/mol. The first-order valence-electron chi connectivity index (χ1n) is 13.1. The molecule has 42 heavy (non-hydrogen) atoms. The van der Waals surface area contributed by atoms with Crippen molar-refractivity contribution in [2.24, 2.45) is 0 Å². The van der Waals surface area contributed by atoms with Crippen molar-refractivity contribution in [1.82, 2.24) is 4.98 Å². The summed E-state index contributed by atoms with van der Waals surface area (Å²) in [7, 11) is 3.49. The Bertz CT molecular complexity index is 1600. The summed E-state index contributed by atoms with van der Waals surface area (Å²) in [6, 6.07) is 13.6. The zero-order chi connectivity index (χ0) is 30.4. The number of methoxy groups -OCH3 is 5. The molecule has 0 unspecified atom stereocenters. The summed E-state index contributed by atoms with van der Waals surface area (Å²) in [5.74, 6) is 1.58. The molecule has 0 aliphatic carbocycles. The third-order valence-corrected chi connectivity index (χ3v) is 7.97. The van der Waals surface area contributed by atoms with E-state index in [0.717, 1.165) is 0 Å². The highest BCUT2D eigenvalue weighted by Crippen LogP contribution is 2.52. The van der Waals surface area contributed by atoms with Crippen LogP contribution in [-0.4, -0.2) is 59.5 Å². The van der Waals surface area contributed by atoms with Gasteiger partial charge in [-0.15, -0.1) is 0 Å². The highest BCUT2D eigenvalue weighted by atomic mass is 31.2. The van der Waals surface area contributed by atoms with E-state index in [0.29, 0.717) is 62.0 Å². The highest BCUT2D eigenvalue weighted by molar-refractivity contribution is 7.48. The summed E-state index contributed by atoms with van der Waals surface area (Å²) in [5, 5.41) is 0.571. The summed E-state index contributed by atoms with van der Waals surface area (Å²) < 4.78 is 57.2. The average Bonchev–Trinajstić information content (AvgIpc) is 3.39. The number of phosphoric ester groups is 1. The molecule has 0 radical (unpaired) electrons. The maximum Gasteiger partial charge on any atom is 0.530 e. The molecule has 224 valence electrons. The number of phosphoric acid groups is 1. The molecule has 12 heteroatoms. The molecule has 1 N–H and O–H groups in total. The summed E-state index contributed by atoms with van der Waals surface area (Å²) in [6.45, 7) is 3.58. The van der Waals surface area contributed by atoms with E-state index in [4.69, 9.17) is 37.3 Å². The van der Waals surface area contributed by atoms with Crippen molar-refractivity contribution in [3.05, 3.63) is 59.7 Å². The standard InChI is InChI=1S/C30H34NO10P/c1-8-39-42(33,40-9-2)41-23-15-18(13-14-21(23)34-3)28-27(26-20(31-28)11-10-12-22(26)35-4)29(32)19-16-24(36-5)30(38-7)25(17-19)37-6/h10-17,31H,8-9H2,1-7H3. The van der Waals surface area contributed by atoms with E-state index in [9.17, 15) is 9.36 Å². The molecule has 0 fully saturated rings. The fourth-order valence-electron chi connectivity index (χ4n) is 4.62. The number of aromatic amines is 1. The minimum atomic E-state index is -3.96. The van der Waals surface area contributed by atoms with Gasteiger partial charge in [0, 0.05) is 11.1 Å². The summed E-state index contributed by atoms with van der Waals surface area (Å²) >= 11 is 0. The number of carbonyl (C=O) groups is 1. The van der Waals surface area contributed by atoms with Gasteiger partial charge in [-0.05, 0) is 56.3 Å². The van der Waals surface area contributed by atoms with Crippen LogP contribution >= 0.6 is 7.82 Å². The van der Waals surface area contributed by atoms with Crippen LogP contribution in [0, 0.1) is 0 Å². The first kappa shape index (κ1) is 30.8. The molecule has 0 bridgehead atoms. The van der Waals surface area contributed by atoms with Gasteiger partial charge in [-0.2, -0.15) is 0 Å². The topological polar surface area (TPSA) is 124 Å². The number of ether oxygens (including phenoxy) is 5. The third kappa shape index (κ3) is 5.90. The molecule has 0 amide bonds. The molecule has 1 heterocycles. The first-order valence-corrected chi connectivity index (χ1v) is 14.5. The number of benzene rings is 3. The zero-order valence-corrected chi connectivity index (χ0v) is 25.5. The molecule has 0 saturated carbocycles. The van der Waals surface area contributed by atoms with Gasteiger partial charge < -0.3 is 33.2 Å². The Morgan fingerprint density at radius 1 is 0.738 bits per heavy atom. The Morgan fingerprint density at radius 3 is 1.90 bits per heavy atom. The Kier molecular flexibility index (Phi) is 9.67. The Morgan fingerprint density at radius 2 is 1.36 bits per heavy atom. The molecule has 0 atom stereocenters. The van der Waals surface area contributed by atoms with Gasteiger partial charge in [-0.3, -0.25) is 13.8 Å². The lowest BCUT2D eigenvalue weighted by molar-refractivity contribution is 0.103. The van der Waals surface area contributed by atoms with Crippen molar-refractivity contribution in [2.45, 2.75) is 13.8 Å². The van der Waals surface area contributed by atoms with Gasteiger partial charge in [0.25, 0.3) is 0 Å². The van der Waals surface area contributed by atoms with E-state index >= 15 is 0 Å². The van der Waals surface area contributed by atoms with Crippen molar-refractivity contribution in [3.8, 4) is 45.8 Å². The van der Waals surface area contributed by atoms with E-state index in [1.54, 1.807) is 50.2 Å². The predicted octanol–water partition coefficient (Wildman–Crippen LogP) is 6.67. The normalized spacial score (nSPS) is 11.3. The van der Waals surface area contributed by atoms with E-state index in [-0.39, 0.29) is 24.7 Å². The summed E-state index contributed by atoms with van der Waals surface area (Å²) in [5.41, 5.74) is 2.28. The number of nitrogens with one attached hydrogen (secondary N) is 1. The predicted molar refractivity (Wildman–Crippen MR) is 158 cm³/mol. The third-order valence-electron chi connectivity index (χ3n) is 6.40. The number of ketones is 1. The second-order valence-corrected chi connectivity index (χ2v) is 10.3. The number of fused-ring (bicyclic) bond motifs is 1. The Labute approximate surface area is 244 Å². The molecule has 0 spiro atoms. The van der Waals surface area contributed by atoms with Crippen LogP contribution in [0.5, 0.6) is 34.5 Å². The van der Waals surface area contributed by atoms with Crippen molar-refractivity contribution >= 4 is 24.5 Å². The van der Waals surface area contributed by atoms with Crippen molar-refractivity contribution < 1.29 is 46.6 Å². The second kappa shape index (κ2) is 13.2. The van der Waals surface area contributed by atoms with Crippen molar-refractivity contribution in [2.75, 3.05) is 48.8 Å². The van der Waals surface area contributed by atoms with Crippen molar-refractivity contribution in [3.63, 3.8) is 0 Å². The molecule has 4 rings (SSSR count). The number of hydrogen-bond acceptors (Lipinski definition) is 10. The lowest BCUT2D eigenvalue weighted by Crippen LogP contribution is -2.06. The number of H-pyrrole nitrogens is 1. The maximum absolute atomic E-state index is 14.4. The largest absolute Gasteiger partial charge is 0.530 e. The highest BCUT2D eigenvalue weighted by Gasteiger charge is 2.30. The van der Waals surface area contributed by atoms with Crippen LogP contribution in [0.2, 0.25) is 0 Å². The summed E-state index contributed by atoms with van der Waals surface area (Å²) in [4.78, 5) is 17.7. The molecule has 11 nitrogen and oxygen atoms in total. The number of hydrogen-bond donors (Lipinski definition) is 1. The quantitative estimate of drug-likeness (QED) is 0.124. The monoisotopic (exact) mass is 599 g/mol. The molecule has 1 aromatic heterocycles. The molecule has 0 saturated heterocycles. The van der Waals surface area contributed by atoms with Crippen LogP contribution in [0.1, 0.15) is 29.8 Å². The van der Waals surface area contributed by atoms with Gasteiger partial charge in [0.05, 0.1) is 70.9 Å². The van der Waals surface area contributed by atoms with Gasteiger partial charge in [0.15, 0.2) is 28.8 Å². The van der Waals surface area contributed by atoms with E-state index in [2.05, 4.69) is 4.98 Å². The smallest absolute Gasteiger partial charge is 0.496 e. The van der Waals surface area contributed by atoms with Gasteiger partial charge in [-0.25, -0.2) is 4.57 Å². The van der Waals surface area contributed by atoms with E-state index in [1.807, 2.05) is 12.1 Å². The lowest BCUT2D eigenvalue weighted by atomic mass is 9.96. The minimum Gasteiger partial charge on any atom is -0.496 e. The SMILES string of the molecule is CCOP(=O)(OCC)Oc1cc(-c2[nH]c3cccc(OC)c3c2C(=O)c2cc(OC)c(OC)c(OC)c2)ccc1OC. The molecular weight excluding hydrogens is 565 g/mol. The minimum absolute atomic E-state index is 0.106. The maximum atomic E-state index is 14.4. The number of carbonyl (C=O) groups excluding carboxylic acids is 1. The number of rotatable bonds is 14. The zero-order valence-electron chi connectivity index (χ0n) is 24.6. The van der Waals surface area contributed by atoms with Crippen LogP contribution < -0.4 is 28.2 Å². The molecule has 0 aliphatic heterocycles. The van der Waals surface area contributed by atoms with Crippen LogP contribution in [0.25, 0.3) is 22.2 Å². The van der Waals surface area contributed by atoms with E-state index < -0.39 is 7.82 Å². The molecular formula is C30H34NO10P. The second-order valence-electron chi connectivity index (χ2n) is 8.74. The van der Waals surface area contributed by atoms with Crippen LogP contribution in [-0.2, 0) is 13.6 Å². The fraction of sp³-hybridized carbons (Fsp3) is 0.300. The summed E-state index contributed by atoms with van der Waals surface area (Å²) in [6.07, 6.45) is 0. The van der Waals surface area contributed by atoms with Crippen molar-refractivity contribution in [1.29, 1.82) is 0 Å². The van der Waals surface area contributed by atoms with Crippen LogP contribution in [0.3, 0.4) is 0 Å². The fourth-order valence-corrected chi connectivity index (χ4v) is 5.81. The van der Waals surface area contributed by atoms with Crippen LogP contribution in [0.4, 0.5) is 0 Å². The van der Waals surface area contributed by atoms with E-state index in [1.165, 1.54) is 35.5 Å². The molecule has 4 aromatic rings. The number of aromatic nitrogens is 1.